The van der Waals surface area contributed by atoms with E-state index in [1.807, 2.05) is 20.0 Å². The van der Waals surface area contributed by atoms with Crippen molar-refractivity contribution in [2.45, 2.75) is 25.9 Å². The van der Waals surface area contributed by atoms with Crippen molar-refractivity contribution in [3.05, 3.63) is 24.0 Å². The zero-order valence-corrected chi connectivity index (χ0v) is 10.3. The van der Waals surface area contributed by atoms with Crippen LogP contribution in [0, 0.1) is 0 Å². The Balaban J connectivity index is 2.30. The molecule has 1 heterocycles. The van der Waals surface area contributed by atoms with Gasteiger partial charge in [0.05, 0.1) is 11.8 Å². The van der Waals surface area contributed by atoms with Gasteiger partial charge in [-0.15, -0.1) is 0 Å². The average molecular weight is 237 g/mol. The Bertz CT molecular complexity index is 385. The zero-order valence-electron chi connectivity index (χ0n) is 10.3. The summed E-state index contributed by atoms with van der Waals surface area (Å²) in [6.45, 7) is 2.40. The number of rotatable bonds is 6. The third kappa shape index (κ3) is 4.82. The van der Waals surface area contributed by atoms with E-state index in [1.165, 1.54) is 6.08 Å². The van der Waals surface area contributed by atoms with Crippen molar-refractivity contribution in [3.63, 3.8) is 0 Å². The van der Waals surface area contributed by atoms with Crippen molar-refractivity contribution in [1.29, 1.82) is 0 Å². The number of aromatic nitrogens is 2. The van der Waals surface area contributed by atoms with E-state index in [0.717, 1.165) is 5.69 Å². The lowest BCUT2D eigenvalue weighted by atomic mass is 10.2. The molecule has 5 nitrogen and oxygen atoms in total. The molecule has 2 N–H and O–H groups in total. The van der Waals surface area contributed by atoms with Gasteiger partial charge in [-0.3, -0.25) is 9.48 Å². The Morgan fingerprint density at radius 1 is 1.71 bits per heavy atom. The summed E-state index contributed by atoms with van der Waals surface area (Å²) in [6.07, 6.45) is 5.81. The molecule has 0 fully saturated rings. The largest absolute Gasteiger partial charge is 0.393 e. The van der Waals surface area contributed by atoms with Crippen LogP contribution in [0.25, 0.3) is 6.08 Å². The monoisotopic (exact) mass is 237 g/mol. The van der Waals surface area contributed by atoms with Crippen LogP contribution in [0.15, 0.2) is 18.3 Å². The molecule has 0 aliphatic rings. The molecule has 0 aliphatic carbocycles. The molecule has 5 heteroatoms. The molecular formula is C12H19N3O2. The van der Waals surface area contributed by atoms with Crippen molar-refractivity contribution in [2.24, 2.45) is 7.05 Å². The zero-order chi connectivity index (χ0) is 12.7. The first-order valence-electron chi connectivity index (χ1n) is 5.75. The van der Waals surface area contributed by atoms with Crippen molar-refractivity contribution in [1.82, 2.24) is 15.1 Å². The molecule has 0 aromatic carbocycles. The number of carbonyl (C=O) groups excluding carboxylic acids is 1. The Labute approximate surface area is 101 Å². The summed E-state index contributed by atoms with van der Waals surface area (Å²) in [6, 6.07) is 1.82. The summed E-state index contributed by atoms with van der Waals surface area (Å²) >= 11 is 0. The van der Waals surface area contributed by atoms with Gasteiger partial charge in [-0.1, -0.05) is 6.92 Å². The smallest absolute Gasteiger partial charge is 0.244 e. The normalized spacial score (nSPS) is 12.9. The van der Waals surface area contributed by atoms with Gasteiger partial charge in [0.15, 0.2) is 0 Å². The molecule has 0 spiro atoms. The molecule has 1 aromatic heterocycles. The summed E-state index contributed by atoms with van der Waals surface area (Å²) in [5.41, 5.74) is 0.869. The number of hydrogen-bond acceptors (Lipinski definition) is 3. The third-order valence-corrected chi connectivity index (χ3v) is 2.51. The fourth-order valence-electron chi connectivity index (χ4n) is 1.33. The number of aliphatic hydroxyl groups excluding tert-OH is 1. The highest BCUT2D eigenvalue weighted by Gasteiger charge is 2.01. The van der Waals surface area contributed by atoms with Crippen LogP contribution in [-0.2, 0) is 11.8 Å². The molecule has 0 aliphatic heterocycles. The molecule has 0 saturated carbocycles. The predicted molar refractivity (Wildman–Crippen MR) is 66.2 cm³/mol. The lowest BCUT2D eigenvalue weighted by Gasteiger charge is -2.07. The highest BCUT2D eigenvalue weighted by atomic mass is 16.3. The maximum absolute atomic E-state index is 11.4. The van der Waals surface area contributed by atoms with E-state index < -0.39 is 0 Å². The van der Waals surface area contributed by atoms with E-state index >= 15 is 0 Å². The Morgan fingerprint density at radius 2 is 2.47 bits per heavy atom. The van der Waals surface area contributed by atoms with Crippen LogP contribution in [0.5, 0.6) is 0 Å². The number of nitrogens with zero attached hydrogens (tertiary/aromatic N) is 2. The highest BCUT2D eigenvalue weighted by Crippen LogP contribution is 1.99. The average Bonchev–Trinajstić information content (AvgIpc) is 2.72. The lowest BCUT2D eigenvalue weighted by molar-refractivity contribution is -0.116. The summed E-state index contributed by atoms with van der Waals surface area (Å²) < 4.78 is 1.69. The Hall–Kier alpha value is -1.62. The van der Waals surface area contributed by atoms with Crippen molar-refractivity contribution >= 4 is 12.0 Å². The summed E-state index contributed by atoms with van der Waals surface area (Å²) in [7, 11) is 1.81. The van der Waals surface area contributed by atoms with E-state index in [-0.39, 0.29) is 12.0 Å². The van der Waals surface area contributed by atoms with Gasteiger partial charge in [-0.2, -0.15) is 5.10 Å². The second-order valence-electron chi connectivity index (χ2n) is 3.85. The van der Waals surface area contributed by atoms with Gasteiger partial charge in [0.2, 0.25) is 5.91 Å². The van der Waals surface area contributed by atoms with Crippen molar-refractivity contribution in [3.8, 4) is 0 Å². The van der Waals surface area contributed by atoms with Crippen LogP contribution in [0.4, 0.5) is 0 Å². The first-order chi connectivity index (χ1) is 8.13. The van der Waals surface area contributed by atoms with E-state index in [2.05, 4.69) is 10.4 Å². The minimum absolute atomic E-state index is 0.158. The molecule has 1 atom stereocenters. The highest BCUT2D eigenvalue weighted by molar-refractivity contribution is 5.91. The molecule has 0 radical (unpaired) electrons. The second kappa shape index (κ2) is 6.85. The SMILES string of the molecule is CCC(O)CCNC(=O)/C=C/c1ccnn1C. The van der Waals surface area contributed by atoms with E-state index in [1.54, 1.807) is 17.0 Å². The van der Waals surface area contributed by atoms with Crippen LogP contribution in [0.3, 0.4) is 0 Å². The first kappa shape index (κ1) is 13.4. The lowest BCUT2D eigenvalue weighted by Crippen LogP contribution is -2.25. The summed E-state index contributed by atoms with van der Waals surface area (Å²) in [5, 5.41) is 16.0. The topological polar surface area (TPSA) is 67.2 Å². The molecule has 1 amide bonds. The quantitative estimate of drug-likeness (QED) is 0.716. The van der Waals surface area contributed by atoms with E-state index in [0.29, 0.717) is 19.4 Å². The maximum Gasteiger partial charge on any atom is 0.244 e. The Morgan fingerprint density at radius 3 is 3.06 bits per heavy atom. The van der Waals surface area contributed by atoms with Crippen LogP contribution < -0.4 is 5.32 Å². The molecule has 1 aromatic rings. The standard InChI is InChI=1S/C12H19N3O2/c1-3-11(16)7-8-13-12(17)5-4-10-6-9-14-15(10)2/h4-6,9,11,16H,3,7-8H2,1-2H3,(H,13,17)/b5-4+. The number of aryl methyl sites for hydroxylation is 1. The fraction of sp³-hybridized carbons (Fsp3) is 0.500. The summed E-state index contributed by atoms with van der Waals surface area (Å²) in [5.74, 6) is -0.158. The van der Waals surface area contributed by atoms with Crippen LogP contribution in [-0.4, -0.2) is 33.4 Å². The Kier molecular flexibility index (Phi) is 5.42. The summed E-state index contributed by atoms with van der Waals surface area (Å²) in [4.78, 5) is 11.4. The number of aliphatic hydroxyl groups is 1. The third-order valence-electron chi connectivity index (χ3n) is 2.51. The predicted octanol–water partition coefficient (Wildman–Crippen LogP) is 0.710. The van der Waals surface area contributed by atoms with Crippen molar-refractivity contribution < 1.29 is 9.90 Å². The van der Waals surface area contributed by atoms with Gasteiger partial charge in [0.25, 0.3) is 0 Å². The molecule has 1 unspecified atom stereocenters. The van der Waals surface area contributed by atoms with Crippen LogP contribution in [0.1, 0.15) is 25.5 Å². The first-order valence-corrected chi connectivity index (χ1v) is 5.75. The van der Waals surface area contributed by atoms with Gasteiger partial charge in [0, 0.05) is 25.9 Å². The van der Waals surface area contributed by atoms with Gasteiger partial charge in [-0.05, 0) is 25.0 Å². The second-order valence-corrected chi connectivity index (χ2v) is 3.85. The van der Waals surface area contributed by atoms with Crippen LogP contribution >= 0.6 is 0 Å². The minimum Gasteiger partial charge on any atom is -0.393 e. The molecule has 94 valence electrons. The molecule has 0 saturated heterocycles. The van der Waals surface area contributed by atoms with Gasteiger partial charge in [-0.25, -0.2) is 0 Å². The fourth-order valence-corrected chi connectivity index (χ4v) is 1.33. The van der Waals surface area contributed by atoms with Gasteiger partial charge in [0.1, 0.15) is 0 Å². The number of amides is 1. The van der Waals surface area contributed by atoms with Gasteiger partial charge >= 0.3 is 0 Å². The van der Waals surface area contributed by atoms with E-state index in [9.17, 15) is 9.90 Å². The minimum atomic E-state index is -0.337. The molecule has 0 bridgehead atoms. The maximum atomic E-state index is 11.4. The van der Waals surface area contributed by atoms with Crippen molar-refractivity contribution in [2.75, 3.05) is 6.54 Å². The number of nitrogens with one attached hydrogen (secondary N) is 1. The molecule has 17 heavy (non-hydrogen) atoms. The number of carbonyl (C=O) groups is 1. The molecule has 1 rings (SSSR count). The number of hydrogen-bond donors (Lipinski definition) is 2. The van der Waals surface area contributed by atoms with Crippen LogP contribution in [0.2, 0.25) is 0 Å². The van der Waals surface area contributed by atoms with Gasteiger partial charge < -0.3 is 10.4 Å². The molecular weight excluding hydrogens is 218 g/mol. The van der Waals surface area contributed by atoms with E-state index in [4.69, 9.17) is 0 Å².